The van der Waals surface area contributed by atoms with Crippen LogP contribution in [-0.2, 0) is 14.8 Å². The van der Waals surface area contributed by atoms with E-state index in [2.05, 4.69) is 15.9 Å². The van der Waals surface area contributed by atoms with Crippen LogP contribution < -0.4 is 0 Å². The maximum absolute atomic E-state index is 13.8. The van der Waals surface area contributed by atoms with Crippen molar-refractivity contribution in [1.29, 1.82) is 0 Å². The summed E-state index contributed by atoms with van der Waals surface area (Å²) in [6.07, 6.45) is 1.52. The summed E-state index contributed by atoms with van der Waals surface area (Å²) in [6.45, 7) is 5.61. The predicted molar refractivity (Wildman–Crippen MR) is 121 cm³/mol. The molecule has 9 heteroatoms. The molecule has 2 aromatic carbocycles. The van der Waals surface area contributed by atoms with Crippen LogP contribution in [0.5, 0.6) is 0 Å². The summed E-state index contributed by atoms with van der Waals surface area (Å²) in [4.78, 5) is 12.2. The fourth-order valence-corrected chi connectivity index (χ4v) is 6.70. The van der Waals surface area contributed by atoms with Crippen LogP contribution in [-0.4, -0.2) is 29.8 Å². The van der Waals surface area contributed by atoms with Gasteiger partial charge in [0.05, 0.1) is 26.6 Å². The molecule has 1 heterocycles. The highest BCUT2D eigenvalue weighted by atomic mass is 79.9. The smallest absolute Gasteiger partial charge is 0.333 e. The van der Waals surface area contributed by atoms with Crippen molar-refractivity contribution >= 4 is 55.1 Å². The van der Waals surface area contributed by atoms with Crippen LogP contribution in [0.15, 0.2) is 63.5 Å². The van der Waals surface area contributed by atoms with E-state index in [1.54, 1.807) is 24.3 Å². The lowest BCUT2D eigenvalue weighted by Crippen LogP contribution is -2.45. The fraction of sp³-hybridized carbons (Fsp3) is 0.286. The average Bonchev–Trinajstić information content (AvgIpc) is 3.06. The number of sulfonamides is 1. The van der Waals surface area contributed by atoms with Gasteiger partial charge in [0.15, 0.2) is 0 Å². The Kier molecular flexibility index (Phi) is 6.43. The molecule has 2 aromatic rings. The summed E-state index contributed by atoms with van der Waals surface area (Å²) < 4.78 is 29.3. The standard InChI is InChI=1S/C21H20BrCl2NO4S/c1-21(2,3)18-11-13(20(26)27)19(12-8-9-15(23)16(24)10-12)25(18)30(28,29)17-7-5-4-6-14(17)22/h4-11,18-19H,1-3H3,(H,26,27)/t18-,19-/m0/s1. The fourth-order valence-electron chi connectivity index (χ4n) is 3.52. The van der Waals surface area contributed by atoms with Crippen LogP contribution in [0.25, 0.3) is 0 Å². The van der Waals surface area contributed by atoms with Gasteiger partial charge < -0.3 is 5.11 Å². The maximum Gasteiger partial charge on any atom is 0.333 e. The molecule has 0 fully saturated rings. The third-order valence-corrected chi connectivity index (χ3v) is 8.54. The van der Waals surface area contributed by atoms with Crippen molar-refractivity contribution in [1.82, 2.24) is 4.31 Å². The highest BCUT2D eigenvalue weighted by Crippen LogP contribution is 2.47. The molecule has 5 nitrogen and oxygen atoms in total. The van der Waals surface area contributed by atoms with Gasteiger partial charge in [0.2, 0.25) is 10.0 Å². The third-order valence-electron chi connectivity index (χ3n) is 4.95. The number of hydrogen-bond acceptors (Lipinski definition) is 3. The Morgan fingerprint density at radius 1 is 1.10 bits per heavy atom. The largest absolute Gasteiger partial charge is 0.478 e. The van der Waals surface area contributed by atoms with Crippen molar-refractivity contribution in [2.45, 2.75) is 37.8 Å². The first-order valence-electron chi connectivity index (χ1n) is 9.03. The van der Waals surface area contributed by atoms with E-state index in [9.17, 15) is 18.3 Å². The molecule has 0 unspecified atom stereocenters. The Labute approximate surface area is 194 Å². The first-order chi connectivity index (χ1) is 13.9. The summed E-state index contributed by atoms with van der Waals surface area (Å²) in [5.41, 5.74) is -0.163. The predicted octanol–water partition coefficient (Wildman–Crippen LogP) is 5.93. The molecule has 0 saturated heterocycles. The number of halogens is 3. The van der Waals surface area contributed by atoms with E-state index in [-0.39, 0.29) is 15.5 Å². The van der Waals surface area contributed by atoms with Gasteiger partial charge in [-0.2, -0.15) is 4.31 Å². The molecule has 0 aliphatic carbocycles. The Morgan fingerprint density at radius 3 is 2.27 bits per heavy atom. The van der Waals surface area contributed by atoms with Crippen molar-refractivity contribution in [3.8, 4) is 0 Å². The van der Waals surface area contributed by atoms with Crippen molar-refractivity contribution in [3.63, 3.8) is 0 Å². The van der Waals surface area contributed by atoms with Gasteiger partial charge >= 0.3 is 5.97 Å². The van der Waals surface area contributed by atoms with E-state index < -0.39 is 33.5 Å². The normalized spacial score (nSPS) is 20.3. The number of carboxylic acids is 1. The highest BCUT2D eigenvalue weighted by Gasteiger charge is 2.50. The number of hydrogen-bond donors (Lipinski definition) is 1. The van der Waals surface area contributed by atoms with E-state index in [0.717, 1.165) is 0 Å². The maximum atomic E-state index is 13.8. The summed E-state index contributed by atoms with van der Waals surface area (Å²) in [6, 6.07) is 9.36. The molecule has 2 atom stereocenters. The average molecular weight is 533 g/mol. The van der Waals surface area contributed by atoms with Gasteiger partial charge in [-0.15, -0.1) is 0 Å². The topological polar surface area (TPSA) is 74.7 Å². The van der Waals surface area contributed by atoms with E-state index in [1.165, 1.54) is 28.6 Å². The zero-order valence-electron chi connectivity index (χ0n) is 16.4. The highest BCUT2D eigenvalue weighted by molar-refractivity contribution is 9.10. The van der Waals surface area contributed by atoms with Crippen LogP contribution in [0.3, 0.4) is 0 Å². The lowest BCUT2D eigenvalue weighted by molar-refractivity contribution is -0.133. The molecule has 0 radical (unpaired) electrons. The minimum Gasteiger partial charge on any atom is -0.478 e. The van der Waals surface area contributed by atoms with Crippen molar-refractivity contribution < 1.29 is 18.3 Å². The first-order valence-corrected chi connectivity index (χ1v) is 12.0. The second-order valence-corrected chi connectivity index (χ2v) is 11.6. The number of benzene rings is 2. The molecule has 160 valence electrons. The SMILES string of the molecule is CC(C)(C)[C@@H]1C=C(C(=O)O)[C@H](c2ccc(Cl)c(Cl)c2)N1S(=O)(=O)c1ccccc1Br. The number of carboxylic acid groups (broad SMARTS) is 1. The van der Waals surface area contributed by atoms with Gasteiger partial charge in [-0.05, 0) is 51.2 Å². The summed E-state index contributed by atoms with van der Waals surface area (Å²) in [7, 11) is -4.09. The first kappa shape index (κ1) is 23.3. The number of nitrogens with zero attached hydrogens (tertiary/aromatic N) is 1. The zero-order chi connectivity index (χ0) is 22.4. The summed E-state index contributed by atoms with van der Waals surface area (Å²) in [5, 5.41) is 10.4. The van der Waals surface area contributed by atoms with Gasteiger partial charge in [-0.1, -0.05) is 68.2 Å². The van der Waals surface area contributed by atoms with Crippen molar-refractivity contribution in [3.05, 3.63) is 74.2 Å². The molecule has 1 aliphatic heterocycles. The Bertz CT molecular complexity index is 1140. The van der Waals surface area contributed by atoms with E-state index in [1.807, 2.05) is 20.8 Å². The molecule has 1 N–H and O–H groups in total. The Balaban J connectivity index is 2.30. The molecule has 3 rings (SSSR count). The van der Waals surface area contributed by atoms with Gasteiger partial charge in [0.25, 0.3) is 0 Å². The molecular formula is C21H20BrCl2NO4S. The molecule has 30 heavy (non-hydrogen) atoms. The van der Waals surface area contributed by atoms with E-state index in [4.69, 9.17) is 23.2 Å². The van der Waals surface area contributed by atoms with Crippen LogP contribution in [0.4, 0.5) is 0 Å². The van der Waals surface area contributed by atoms with Crippen LogP contribution >= 0.6 is 39.1 Å². The number of rotatable bonds is 4. The Morgan fingerprint density at radius 2 is 1.73 bits per heavy atom. The lowest BCUT2D eigenvalue weighted by atomic mass is 9.87. The molecule has 1 aliphatic rings. The quantitative estimate of drug-likeness (QED) is 0.529. The second-order valence-electron chi connectivity index (χ2n) is 8.08. The van der Waals surface area contributed by atoms with E-state index >= 15 is 0 Å². The monoisotopic (exact) mass is 531 g/mol. The van der Waals surface area contributed by atoms with Gasteiger partial charge in [0, 0.05) is 10.5 Å². The Hall–Kier alpha value is -1.38. The second kappa shape index (κ2) is 8.28. The van der Waals surface area contributed by atoms with Crippen LogP contribution in [0.1, 0.15) is 32.4 Å². The van der Waals surface area contributed by atoms with Gasteiger partial charge in [-0.3, -0.25) is 0 Å². The zero-order valence-corrected chi connectivity index (χ0v) is 20.3. The van der Waals surface area contributed by atoms with Gasteiger partial charge in [0.1, 0.15) is 0 Å². The number of aliphatic carboxylic acids is 1. The van der Waals surface area contributed by atoms with Crippen LogP contribution in [0.2, 0.25) is 10.0 Å². The molecule has 0 aromatic heterocycles. The molecule has 0 saturated carbocycles. The van der Waals surface area contributed by atoms with Crippen molar-refractivity contribution in [2.24, 2.45) is 5.41 Å². The molecular weight excluding hydrogens is 513 g/mol. The third kappa shape index (κ3) is 4.18. The summed E-state index contributed by atoms with van der Waals surface area (Å²) in [5.74, 6) is -1.19. The van der Waals surface area contributed by atoms with Crippen LogP contribution in [0, 0.1) is 5.41 Å². The minimum atomic E-state index is -4.09. The molecule has 0 bridgehead atoms. The molecule has 0 amide bonds. The van der Waals surface area contributed by atoms with Crippen molar-refractivity contribution in [2.75, 3.05) is 0 Å². The lowest BCUT2D eigenvalue weighted by Gasteiger charge is -2.37. The number of carbonyl (C=O) groups is 1. The summed E-state index contributed by atoms with van der Waals surface area (Å²) >= 11 is 15.5. The molecule has 0 spiro atoms. The van der Waals surface area contributed by atoms with Gasteiger partial charge in [-0.25, -0.2) is 13.2 Å². The minimum absolute atomic E-state index is 0.0241. The van der Waals surface area contributed by atoms with E-state index in [0.29, 0.717) is 15.1 Å².